The van der Waals surface area contributed by atoms with Crippen LogP contribution in [0.1, 0.15) is 22.6 Å². The third kappa shape index (κ3) is 4.80. The zero-order chi connectivity index (χ0) is 20.0. The quantitative estimate of drug-likeness (QED) is 0.435. The standard InChI is InChI=1S/C17H14N4O5S2/c18-7-1-8-19-28(23,24)14-4-2-12(3-5-14)17(22)25-10-15-20-16(26-21-15)13-6-9-27-11-13/h2-6,9,11,19H,1,8,10H2. The summed E-state index contributed by atoms with van der Waals surface area (Å²) < 4.78 is 36.6. The van der Waals surface area contributed by atoms with E-state index in [1.54, 1.807) is 0 Å². The number of rotatable bonds is 8. The first-order valence-corrected chi connectivity index (χ1v) is 10.4. The van der Waals surface area contributed by atoms with Gasteiger partial charge in [0.15, 0.2) is 6.61 Å². The summed E-state index contributed by atoms with van der Waals surface area (Å²) in [6.07, 6.45) is 0.0633. The lowest BCUT2D eigenvalue weighted by molar-refractivity contribution is 0.0459. The number of sulfonamides is 1. The number of hydrogen-bond donors (Lipinski definition) is 1. The Morgan fingerprint density at radius 1 is 1.29 bits per heavy atom. The van der Waals surface area contributed by atoms with Crippen molar-refractivity contribution >= 4 is 27.3 Å². The van der Waals surface area contributed by atoms with E-state index in [1.807, 2.05) is 22.9 Å². The fraction of sp³-hybridized carbons (Fsp3) is 0.176. The molecule has 0 aliphatic carbocycles. The lowest BCUT2D eigenvalue weighted by Crippen LogP contribution is -2.24. The number of ether oxygens (including phenoxy) is 1. The number of nitrogens with one attached hydrogen (secondary N) is 1. The van der Waals surface area contributed by atoms with E-state index in [-0.39, 0.29) is 35.9 Å². The van der Waals surface area contributed by atoms with Crippen molar-refractivity contribution in [1.29, 1.82) is 5.26 Å². The number of aromatic nitrogens is 2. The van der Waals surface area contributed by atoms with Crippen LogP contribution in [0.3, 0.4) is 0 Å². The minimum atomic E-state index is -3.73. The van der Waals surface area contributed by atoms with Gasteiger partial charge in [-0.05, 0) is 35.7 Å². The SMILES string of the molecule is N#CCCNS(=O)(=O)c1ccc(C(=O)OCc2noc(-c3ccsc3)n2)cc1. The summed E-state index contributed by atoms with van der Waals surface area (Å²) in [6, 6.07) is 8.94. The minimum Gasteiger partial charge on any atom is -0.454 e. The molecule has 0 unspecified atom stereocenters. The second-order valence-corrected chi connectivity index (χ2v) is 7.98. The molecule has 3 aromatic rings. The van der Waals surface area contributed by atoms with Crippen LogP contribution in [0, 0.1) is 11.3 Å². The molecule has 1 aromatic carbocycles. The van der Waals surface area contributed by atoms with Gasteiger partial charge in [0.1, 0.15) is 0 Å². The highest BCUT2D eigenvalue weighted by Gasteiger charge is 2.16. The second-order valence-electron chi connectivity index (χ2n) is 5.43. The van der Waals surface area contributed by atoms with Crippen molar-refractivity contribution in [1.82, 2.24) is 14.9 Å². The normalized spacial score (nSPS) is 11.1. The molecule has 0 aliphatic rings. The summed E-state index contributed by atoms with van der Waals surface area (Å²) >= 11 is 1.49. The molecule has 0 saturated carbocycles. The van der Waals surface area contributed by atoms with E-state index in [2.05, 4.69) is 14.9 Å². The fourth-order valence-corrected chi connectivity index (χ4v) is 3.79. The van der Waals surface area contributed by atoms with Gasteiger partial charge in [-0.15, -0.1) is 0 Å². The third-order valence-electron chi connectivity index (χ3n) is 3.50. The minimum absolute atomic E-state index is 0.0134. The molecule has 0 aliphatic heterocycles. The highest BCUT2D eigenvalue weighted by molar-refractivity contribution is 7.89. The van der Waals surface area contributed by atoms with Crippen LogP contribution in [-0.4, -0.2) is 31.1 Å². The van der Waals surface area contributed by atoms with Crippen LogP contribution in [0.5, 0.6) is 0 Å². The van der Waals surface area contributed by atoms with Gasteiger partial charge in [-0.3, -0.25) is 0 Å². The number of hydrogen-bond acceptors (Lipinski definition) is 9. The Balaban J connectivity index is 1.58. The molecule has 3 rings (SSSR count). The predicted molar refractivity (Wildman–Crippen MR) is 98.6 cm³/mol. The van der Waals surface area contributed by atoms with Gasteiger partial charge in [0.25, 0.3) is 5.89 Å². The van der Waals surface area contributed by atoms with Gasteiger partial charge in [0.2, 0.25) is 15.8 Å². The molecule has 0 bridgehead atoms. The first-order chi connectivity index (χ1) is 13.5. The summed E-state index contributed by atoms with van der Waals surface area (Å²) in [4.78, 5) is 16.2. The van der Waals surface area contributed by atoms with E-state index in [1.165, 1.54) is 35.6 Å². The van der Waals surface area contributed by atoms with Crippen LogP contribution in [0.4, 0.5) is 0 Å². The highest BCUT2D eigenvalue weighted by atomic mass is 32.2. The van der Waals surface area contributed by atoms with Gasteiger partial charge in [-0.25, -0.2) is 17.9 Å². The van der Waals surface area contributed by atoms with Gasteiger partial charge in [0.05, 0.1) is 22.1 Å². The van der Waals surface area contributed by atoms with Gasteiger partial charge < -0.3 is 9.26 Å². The molecule has 2 heterocycles. The number of carbonyl (C=O) groups is 1. The zero-order valence-electron chi connectivity index (χ0n) is 14.4. The van der Waals surface area contributed by atoms with E-state index in [4.69, 9.17) is 14.5 Å². The van der Waals surface area contributed by atoms with E-state index in [0.29, 0.717) is 5.89 Å². The van der Waals surface area contributed by atoms with Gasteiger partial charge in [0, 0.05) is 18.3 Å². The maximum Gasteiger partial charge on any atom is 0.338 e. The lowest BCUT2D eigenvalue weighted by Gasteiger charge is -2.06. The van der Waals surface area contributed by atoms with Crippen LogP contribution in [-0.2, 0) is 21.4 Å². The van der Waals surface area contributed by atoms with Crippen molar-refractivity contribution < 1.29 is 22.5 Å². The smallest absolute Gasteiger partial charge is 0.338 e. The van der Waals surface area contributed by atoms with Crippen molar-refractivity contribution in [3.63, 3.8) is 0 Å². The van der Waals surface area contributed by atoms with Gasteiger partial charge >= 0.3 is 5.97 Å². The Labute approximate surface area is 164 Å². The maximum atomic E-state index is 12.1. The molecule has 9 nitrogen and oxygen atoms in total. The summed E-state index contributed by atoms with van der Waals surface area (Å²) in [7, 11) is -3.73. The van der Waals surface area contributed by atoms with Crippen LogP contribution in [0.15, 0.2) is 50.5 Å². The van der Waals surface area contributed by atoms with Crippen LogP contribution in [0.2, 0.25) is 0 Å². The molecule has 0 atom stereocenters. The second kappa shape index (κ2) is 8.75. The maximum absolute atomic E-state index is 12.1. The van der Waals surface area contributed by atoms with Crippen LogP contribution < -0.4 is 4.72 Å². The number of benzene rings is 1. The molecular formula is C17H14N4O5S2. The predicted octanol–water partition coefficient (Wildman–Crippen LogP) is 2.35. The number of nitrogens with zero attached hydrogens (tertiary/aromatic N) is 3. The average Bonchev–Trinajstić information content (AvgIpc) is 3.38. The molecule has 0 saturated heterocycles. The number of thiophene rings is 1. The number of carbonyl (C=O) groups excluding carboxylic acids is 1. The summed E-state index contributed by atoms with van der Waals surface area (Å²) in [6.45, 7) is -0.164. The third-order valence-corrected chi connectivity index (χ3v) is 5.66. The van der Waals surface area contributed by atoms with E-state index in [9.17, 15) is 13.2 Å². The molecule has 0 spiro atoms. The van der Waals surface area contributed by atoms with E-state index < -0.39 is 16.0 Å². The van der Waals surface area contributed by atoms with E-state index in [0.717, 1.165) is 5.56 Å². The molecule has 0 fully saturated rings. The molecule has 0 amide bonds. The largest absolute Gasteiger partial charge is 0.454 e. The van der Waals surface area contributed by atoms with E-state index >= 15 is 0 Å². The molecule has 28 heavy (non-hydrogen) atoms. The first-order valence-electron chi connectivity index (χ1n) is 7.98. The first kappa shape index (κ1) is 19.7. The molecule has 144 valence electrons. The molecule has 1 N–H and O–H groups in total. The Morgan fingerprint density at radius 3 is 2.75 bits per heavy atom. The monoisotopic (exact) mass is 418 g/mol. The Hall–Kier alpha value is -3.07. The van der Waals surface area contributed by atoms with Crippen molar-refractivity contribution in [2.45, 2.75) is 17.9 Å². The van der Waals surface area contributed by atoms with Crippen molar-refractivity contribution in [2.75, 3.05) is 6.54 Å². The van der Waals surface area contributed by atoms with Crippen molar-refractivity contribution in [3.8, 4) is 17.5 Å². The summed E-state index contributed by atoms with van der Waals surface area (Å²) in [5, 5.41) is 15.9. The Bertz CT molecular complexity index is 1080. The number of nitriles is 1. The lowest BCUT2D eigenvalue weighted by atomic mass is 10.2. The summed E-state index contributed by atoms with van der Waals surface area (Å²) in [5.74, 6) is -0.0931. The van der Waals surface area contributed by atoms with Crippen LogP contribution >= 0.6 is 11.3 Å². The molecular weight excluding hydrogens is 404 g/mol. The Kier molecular flexibility index (Phi) is 6.15. The van der Waals surface area contributed by atoms with Crippen molar-refractivity contribution in [2.24, 2.45) is 0 Å². The van der Waals surface area contributed by atoms with Gasteiger partial charge in [-0.2, -0.15) is 21.6 Å². The van der Waals surface area contributed by atoms with Crippen molar-refractivity contribution in [3.05, 3.63) is 52.5 Å². The Morgan fingerprint density at radius 2 is 2.07 bits per heavy atom. The molecule has 0 radical (unpaired) electrons. The zero-order valence-corrected chi connectivity index (χ0v) is 16.0. The topological polar surface area (TPSA) is 135 Å². The number of esters is 1. The highest BCUT2D eigenvalue weighted by Crippen LogP contribution is 2.20. The molecule has 11 heteroatoms. The molecule has 2 aromatic heterocycles. The van der Waals surface area contributed by atoms with Gasteiger partial charge in [-0.1, -0.05) is 5.16 Å². The average molecular weight is 418 g/mol. The fourth-order valence-electron chi connectivity index (χ4n) is 2.12. The summed E-state index contributed by atoms with van der Waals surface area (Å²) in [5.41, 5.74) is 0.966. The van der Waals surface area contributed by atoms with Crippen LogP contribution in [0.25, 0.3) is 11.5 Å².